The average Bonchev–Trinajstić information content (AvgIpc) is 2.80. The minimum Gasteiger partial charge on any atom is -0.458 e. The number of halogens is 1. The lowest BCUT2D eigenvalue weighted by atomic mass is 9.76. The molecule has 1 saturated carbocycles. The van der Waals surface area contributed by atoms with Gasteiger partial charge in [0.15, 0.2) is 0 Å². The lowest BCUT2D eigenvalue weighted by Gasteiger charge is -2.36. The molecule has 2 aliphatic rings. The zero-order chi connectivity index (χ0) is 22.5. The van der Waals surface area contributed by atoms with Gasteiger partial charge in [-0.15, -0.1) is 0 Å². The highest BCUT2D eigenvalue weighted by molar-refractivity contribution is 5.94. The van der Waals surface area contributed by atoms with E-state index in [1.807, 2.05) is 24.3 Å². The van der Waals surface area contributed by atoms with Gasteiger partial charge in [-0.25, -0.2) is 9.18 Å². The van der Waals surface area contributed by atoms with Crippen molar-refractivity contribution in [1.82, 2.24) is 0 Å². The predicted molar refractivity (Wildman–Crippen MR) is 128 cm³/mol. The highest BCUT2D eigenvalue weighted by Crippen LogP contribution is 2.38. The van der Waals surface area contributed by atoms with Gasteiger partial charge < -0.3 is 4.74 Å². The molecule has 1 aliphatic heterocycles. The molecule has 2 aromatic rings. The summed E-state index contributed by atoms with van der Waals surface area (Å²) < 4.78 is 21.3. The number of hydrogen-bond donors (Lipinski definition) is 0. The first-order chi connectivity index (χ1) is 15.6. The summed E-state index contributed by atoms with van der Waals surface area (Å²) in [5.74, 6) is 0.308. The fraction of sp³-hybridized carbons (Fsp3) is 0.552. The Hall–Kier alpha value is -2.16. The molecule has 1 heterocycles. The van der Waals surface area contributed by atoms with Crippen molar-refractivity contribution in [3.05, 3.63) is 58.9 Å². The molecular weight excluding hydrogens is 399 g/mol. The summed E-state index contributed by atoms with van der Waals surface area (Å²) in [4.78, 5) is 12.8. The number of esters is 1. The number of cyclic esters (lactones) is 1. The standard InChI is InChI=1S/C29H37FO2/c1-3-5-6-8-21-9-13-22(14-10-21)25-18-17-24-19-26(32-29(31)27(24)28(25)30)23-15-11-20(7-4-2)12-16-23/h9-10,13-14,17-18,20,23,26H,3-8,11-12,15-16,19H2,1-2H3. The van der Waals surface area contributed by atoms with E-state index in [2.05, 4.69) is 26.0 Å². The van der Waals surface area contributed by atoms with E-state index in [1.54, 1.807) is 0 Å². The number of ether oxygens (including phenoxy) is 1. The molecule has 4 rings (SSSR count). The maximum atomic E-state index is 15.4. The molecule has 1 aliphatic carbocycles. The van der Waals surface area contributed by atoms with Crippen molar-refractivity contribution < 1.29 is 13.9 Å². The molecule has 0 amide bonds. The first-order valence-electron chi connectivity index (χ1n) is 12.7. The van der Waals surface area contributed by atoms with E-state index in [9.17, 15) is 4.79 Å². The molecule has 2 aromatic carbocycles. The smallest absolute Gasteiger partial charge is 0.341 e. The Morgan fingerprint density at radius 3 is 2.38 bits per heavy atom. The third-order valence-corrected chi connectivity index (χ3v) is 7.56. The van der Waals surface area contributed by atoms with Crippen LogP contribution in [0.5, 0.6) is 0 Å². The Bertz CT molecular complexity index is 909. The molecule has 0 aromatic heterocycles. The predicted octanol–water partition coefficient (Wildman–Crippen LogP) is 7.91. The summed E-state index contributed by atoms with van der Waals surface area (Å²) in [6, 6.07) is 11.9. The fourth-order valence-corrected chi connectivity index (χ4v) is 5.63. The quantitative estimate of drug-likeness (QED) is 0.310. The number of carbonyl (C=O) groups excluding carboxylic acids is 1. The van der Waals surface area contributed by atoms with Crippen LogP contribution in [0.3, 0.4) is 0 Å². The summed E-state index contributed by atoms with van der Waals surface area (Å²) in [6.45, 7) is 4.45. The molecule has 32 heavy (non-hydrogen) atoms. The zero-order valence-electron chi connectivity index (χ0n) is 19.7. The molecule has 1 atom stereocenters. The van der Waals surface area contributed by atoms with Crippen LogP contribution in [0.25, 0.3) is 11.1 Å². The van der Waals surface area contributed by atoms with Gasteiger partial charge >= 0.3 is 5.97 Å². The lowest BCUT2D eigenvalue weighted by Crippen LogP contribution is -2.36. The van der Waals surface area contributed by atoms with Crippen molar-refractivity contribution in [2.75, 3.05) is 0 Å². The minimum atomic E-state index is -0.484. The Kier molecular flexibility index (Phi) is 7.65. The molecule has 0 bridgehead atoms. The Morgan fingerprint density at radius 1 is 0.938 bits per heavy atom. The molecule has 2 nitrogen and oxygen atoms in total. The summed E-state index contributed by atoms with van der Waals surface area (Å²) in [7, 11) is 0. The Balaban J connectivity index is 1.47. The van der Waals surface area contributed by atoms with Crippen LogP contribution in [-0.4, -0.2) is 12.1 Å². The molecule has 172 valence electrons. The van der Waals surface area contributed by atoms with E-state index in [0.717, 1.165) is 36.3 Å². The topological polar surface area (TPSA) is 26.3 Å². The van der Waals surface area contributed by atoms with Gasteiger partial charge in [0.1, 0.15) is 11.9 Å². The normalized spacial score (nSPS) is 23.0. The number of rotatable bonds is 8. The highest BCUT2D eigenvalue weighted by atomic mass is 19.1. The molecule has 1 unspecified atom stereocenters. The van der Waals surface area contributed by atoms with E-state index < -0.39 is 11.8 Å². The van der Waals surface area contributed by atoms with E-state index in [0.29, 0.717) is 17.9 Å². The van der Waals surface area contributed by atoms with Crippen LogP contribution >= 0.6 is 0 Å². The maximum absolute atomic E-state index is 15.4. The van der Waals surface area contributed by atoms with Gasteiger partial charge in [0, 0.05) is 12.0 Å². The van der Waals surface area contributed by atoms with Gasteiger partial charge in [-0.3, -0.25) is 0 Å². The molecule has 0 spiro atoms. The summed E-state index contributed by atoms with van der Waals surface area (Å²) in [5.41, 5.74) is 3.52. The zero-order valence-corrected chi connectivity index (χ0v) is 19.7. The van der Waals surface area contributed by atoms with Crippen LogP contribution in [0.4, 0.5) is 4.39 Å². The van der Waals surface area contributed by atoms with Gasteiger partial charge in [-0.2, -0.15) is 0 Å². The number of carbonyl (C=O) groups is 1. The third kappa shape index (κ3) is 5.08. The van der Waals surface area contributed by atoms with E-state index >= 15 is 4.39 Å². The van der Waals surface area contributed by atoms with Gasteiger partial charge in [0.25, 0.3) is 0 Å². The number of fused-ring (bicyclic) bond motifs is 1. The van der Waals surface area contributed by atoms with Crippen molar-refractivity contribution >= 4 is 5.97 Å². The second-order valence-electron chi connectivity index (χ2n) is 9.83. The second kappa shape index (κ2) is 10.6. The number of aryl methyl sites for hydroxylation is 1. The van der Waals surface area contributed by atoms with Crippen molar-refractivity contribution in [2.45, 2.75) is 90.6 Å². The SMILES string of the molecule is CCCCCc1ccc(-c2ccc3c(c2F)C(=O)OC(C2CCC(CCC)CC2)C3)cc1. The molecular formula is C29H37FO2. The molecule has 0 radical (unpaired) electrons. The lowest BCUT2D eigenvalue weighted by molar-refractivity contribution is -0.000877. The minimum absolute atomic E-state index is 0.106. The van der Waals surface area contributed by atoms with E-state index in [4.69, 9.17) is 4.74 Å². The summed E-state index contributed by atoms with van der Waals surface area (Å²) in [6.07, 6.45) is 12.4. The van der Waals surface area contributed by atoms with Crippen LogP contribution in [0, 0.1) is 17.7 Å². The number of benzene rings is 2. The maximum Gasteiger partial charge on any atom is 0.341 e. The van der Waals surface area contributed by atoms with E-state index in [-0.39, 0.29) is 11.7 Å². The largest absolute Gasteiger partial charge is 0.458 e. The van der Waals surface area contributed by atoms with Gasteiger partial charge in [0.2, 0.25) is 0 Å². The Labute approximate surface area is 192 Å². The van der Waals surface area contributed by atoms with Crippen molar-refractivity contribution in [3.8, 4) is 11.1 Å². The molecule has 3 heteroatoms. The van der Waals surface area contributed by atoms with Crippen molar-refractivity contribution in [1.29, 1.82) is 0 Å². The fourth-order valence-electron chi connectivity index (χ4n) is 5.63. The summed E-state index contributed by atoms with van der Waals surface area (Å²) >= 11 is 0. The van der Waals surface area contributed by atoms with Crippen LogP contribution in [0.1, 0.15) is 93.1 Å². The van der Waals surface area contributed by atoms with Crippen LogP contribution in [0.15, 0.2) is 36.4 Å². The second-order valence-corrected chi connectivity index (χ2v) is 9.83. The third-order valence-electron chi connectivity index (χ3n) is 7.56. The van der Waals surface area contributed by atoms with Crippen molar-refractivity contribution in [2.24, 2.45) is 11.8 Å². The van der Waals surface area contributed by atoms with Crippen LogP contribution in [0.2, 0.25) is 0 Å². The molecule has 1 fully saturated rings. The van der Waals surface area contributed by atoms with Gasteiger partial charge in [0.05, 0.1) is 5.56 Å². The molecule has 0 saturated heterocycles. The van der Waals surface area contributed by atoms with Crippen LogP contribution < -0.4 is 0 Å². The first kappa shape index (κ1) is 23.0. The highest BCUT2D eigenvalue weighted by Gasteiger charge is 2.36. The van der Waals surface area contributed by atoms with Crippen molar-refractivity contribution in [3.63, 3.8) is 0 Å². The van der Waals surface area contributed by atoms with Crippen LogP contribution in [-0.2, 0) is 17.6 Å². The average molecular weight is 437 g/mol. The first-order valence-corrected chi connectivity index (χ1v) is 12.7. The molecule has 0 N–H and O–H groups in total. The van der Waals surface area contributed by atoms with Gasteiger partial charge in [-0.1, -0.05) is 88.8 Å². The van der Waals surface area contributed by atoms with Gasteiger partial charge in [-0.05, 0) is 54.2 Å². The van der Waals surface area contributed by atoms with E-state index in [1.165, 1.54) is 50.5 Å². The number of hydrogen-bond acceptors (Lipinski definition) is 2. The monoisotopic (exact) mass is 436 g/mol. The summed E-state index contributed by atoms with van der Waals surface area (Å²) in [5, 5.41) is 0. The Morgan fingerprint density at radius 2 is 1.69 bits per heavy atom. The number of unbranched alkanes of at least 4 members (excludes halogenated alkanes) is 2.